The predicted molar refractivity (Wildman–Crippen MR) is 126 cm³/mol. The Hall–Kier alpha value is -2.90. The van der Waals surface area contributed by atoms with E-state index in [2.05, 4.69) is 16.3 Å². The first kappa shape index (κ1) is 23.3. The van der Waals surface area contributed by atoms with Gasteiger partial charge in [0.25, 0.3) is 0 Å². The van der Waals surface area contributed by atoms with Crippen molar-refractivity contribution in [2.45, 2.75) is 51.2 Å². The Morgan fingerprint density at radius 1 is 1.12 bits per heavy atom. The number of nitrogens with zero attached hydrogens (tertiary/aromatic N) is 2. The number of amides is 2. The van der Waals surface area contributed by atoms with E-state index in [0.29, 0.717) is 18.5 Å². The van der Waals surface area contributed by atoms with Crippen LogP contribution in [0.25, 0.3) is 0 Å². The Balaban J connectivity index is 1.37. The molecular weight excluding hydrogens is 442 g/mol. The van der Waals surface area contributed by atoms with Crippen molar-refractivity contribution in [3.63, 3.8) is 0 Å². The Morgan fingerprint density at radius 2 is 1.88 bits per heavy atom. The number of benzene rings is 2. The van der Waals surface area contributed by atoms with E-state index in [9.17, 15) is 14.4 Å². The number of aromatic carboxylic acids is 1. The normalized spacial score (nSPS) is 19.6. The molecule has 2 aromatic carbocycles. The average Bonchev–Trinajstić information content (AvgIpc) is 3.18. The zero-order valence-corrected chi connectivity index (χ0v) is 19.3. The van der Waals surface area contributed by atoms with Gasteiger partial charge in [-0.05, 0) is 61.6 Å². The topological polar surface area (TPSA) is 90.0 Å². The van der Waals surface area contributed by atoms with Crippen LogP contribution >= 0.6 is 11.6 Å². The molecule has 2 aliphatic rings. The number of hydrogen-bond donors (Lipinski definition) is 2. The molecule has 2 amide bonds. The van der Waals surface area contributed by atoms with Gasteiger partial charge >= 0.3 is 5.97 Å². The molecule has 1 unspecified atom stereocenters. The number of anilines is 1. The summed E-state index contributed by atoms with van der Waals surface area (Å²) in [6.45, 7) is 4.54. The quantitative estimate of drug-likeness (QED) is 0.668. The van der Waals surface area contributed by atoms with E-state index in [1.165, 1.54) is 17.7 Å². The summed E-state index contributed by atoms with van der Waals surface area (Å²) in [5, 5.41) is 12.7. The van der Waals surface area contributed by atoms with Gasteiger partial charge in [0, 0.05) is 42.8 Å². The highest BCUT2D eigenvalue weighted by molar-refractivity contribution is 6.31. The van der Waals surface area contributed by atoms with E-state index >= 15 is 0 Å². The monoisotopic (exact) mass is 469 g/mol. The first-order chi connectivity index (χ1) is 15.8. The molecule has 0 radical (unpaired) electrons. The van der Waals surface area contributed by atoms with E-state index in [-0.39, 0.29) is 23.4 Å². The highest BCUT2D eigenvalue weighted by Gasteiger charge is 2.41. The molecule has 2 aliphatic heterocycles. The van der Waals surface area contributed by atoms with Crippen molar-refractivity contribution in [1.82, 2.24) is 9.80 Å². The lowest BCUT2D eigenvalue weighted by atomic mass is 10.0. The highest BCUT2D eigenvalue weighted by Crippen LogP contribution is 2.29. The number of carbonyl (C=O) groups excluding carboxylic acids is 2. The van der Waals surface area contributed by atoms with Gasteiger partial charge in [0.2, 0.25) is 11.8 Å². The fourth-order valence-corrected chi connectivity index (χ4v) is 4.91. The number of likely N-dealkylation sites (tertiary alicyclic amines) is 2. The first-order valence-corrected chi connectivity index (χ1v) is 11.6. The minimum absolute atomic E-state index is 0.0150. The molecule has 2 heterocycles. The van der Waals surface area contributed by atoms with Crippen molar-refractivity contribution in [1.29, 1.82) is 0 Å². The van der Waals surface area contributed by atoms with Crippen LogP contribution in [-0.4, -0.2) is 57.9 Å². The zero-order valence-electron chi connectivity index (χ0n) is 18.6. The van der Waals surface area contributed by atoms with Crippen LogP contribution in [0.2, 0.25) is 5.02 Å². The molecule has 0 aliphatic carbocycles. The number of halogens is 1. The second kappa shape index (κ2) is 9.93. The van der Waals surface area contributed by atoms with Gasteiger partial charge < -0.3 is 15.3 Å². The summed E-state index contributed by atoms with van der Waals surface area (Å²) in [5.41, 5.74) is 2.81. The number of aryl methyl sites for hydroxylation is 1. The van der Waals surface area contributed by atoms with Crippen LogP contribution in [0.5, 0.6) is 0 Å². The molecule has 33 heavy (non-hydrogen) atoms. The SMILES string of the molecule is Cc1cc(CN2CCC(N3C(=O)CCC3C(=O)Nc3cccc(C(=O)O)c3)CC2)ccc1Cl. The van der Waals surface area contributed by atoms with E-state index in [4.69, 9.17) is 16.7 Å². The lowest BCUT2D eigenvalue weighted by molar-refractivity contribution is -0.136. The number of carboxylic acids is 1. The molecule has 0 aromatic heterocycles. The summed E-state index contributed by atoms with van der Waals surface area (Å²) >= 11 is 6.13. The summed E-state index contributed by atoms with van der Waals surface area (Å²) in [5.74, 6) is -1.30. The van der Waals surface area contributed by atoms with E-state index < -0.39 is 12.0 Å². The van der Waals surface area contributed by atoms with Gasteiger partial charge in [0.15, 0.2) is 0 Å². The summed E-state index contributed by atoms with van der Waals surface area (Å²) in [7, 11) is 0. The van der Waals surface area contributed by atoms with Crippen molar-refractivity contribution in [2.24, 2.45) is 0 Å². The third kappa shape index (κ3) is 5.37. The second-order valence-corrected chi connectivity index (χ2v) is 9.23. The number of carbonyl (C=O) groups is 3. The summed E-state index contributed by atoms with van der Waals surface area (Å²) in [6, 6.07) is 11.7. The largest absolute Gasteiger partial charge is 0.478 e. The predicted octanol–water partition coefficient (Wildman–Crippen LogP) is 3.94. The molecule has 4 rings (SSSR count). The van der Waals surface area contributed by atoms with Crippen molar-refractivity contribution >= 4 is 35.1 Å². The average molecular weight is 470 g/mol. The lowest BCUT2D eigenvalue weighted by Gasteiger charge is -2.39. The highest BCUT2D eigenvalue weighted by atomic mass is 35.5. The number of hydrogen-bond acceptors (Lipinski definition) is 4. The number of carboxylic acid groups (broad SMARTS) is 1. The molecule has 2 N–H and O–H groups in total. The van der Waals surface area contributed by atoms with E-state index in [1.54, 1.807) is 17.0 Å². The zero-order chi connectivity index (χ0) is 23.5. The molecule has 2 saturated heterocycles. The van der Waals surface area contributed by atoms with Crippen molar-refractivity contribution in [3.8, 4) is 0 Å². The van der Waals surface area contributed by atoms with Gasteiger partial charge in [-0.2, -0.15) is 0 Å². The Labute approximate surface area is 198 Å². The molecule has 7 nitrogen and oxygen atoms in total. The van der Waals surface area contributed by atoms with Crippen LogP contribution < -0.4 is 5.32 Å². The van der Waals surface area contributed by atoms with Crippen molar-refractivity contribution in [2.75, 3.05) is 18.4 Å². The van der Waals surface area contributed by atoms with E-state index in [0.717, 1.165) is 43.1 Å². The standard InChI is InChI=1S/C25H28ClN3O4/c1-16-13-17(5-6-21(16)26)15-28-11-9-20(10-12-28)29-22(7-8-23(29)30)24(31)27-19-4-2-3-18(14-19)25(32)33/h2-6,13-14,20,22H,7-12,15H2,1H3,(H,27,31)(H,32,33). The maximum absolute atomic E-state index is 13.0. The number of piperidine rings is 1. The third-order valence-corrected chi connectivity index (χ3v) is 6.94. The van der Waals surface area contributed by atoms with Gasteiger partial charge in [-0.3, -0.25) is 14.5 Å². The van der Waals surface area contributed by atoms with Crippen LogP contribution in [0.1, 0.15) is 47.2 Å². The summed E-state index contributed by atoms with van der Waals surface area (Å²) < 4.78 is 0. The first-order valence-electron chi connectivity index (χ1n) is 11.2. The van der Waals surface area contributed by atoms with Gasteiger partial charge in [0.1, 0.15) is 6.04 Å². The number of rotatable bonds is 6. The van der Waals surface area contributed by atoms with E-state index in [1.807, 2.05) is 19.1 Å². The fraction of sp³-hybridized carbons (Fsp3) is 0.400. The van der Waals surface area contributed by atoms with Crippen molar-refractivity contribution < 1.29 is 19.5 Å². The lowest BCUT2D eigenvalue weighted by Crippen LogP contribution is -2.51. The van der Waals surface area contributed by atoms with Gasteiger partial charge in [0.05, 0.1) is 5.56 Å². The molecule has 174 valence electrons. The Kier molecular flexibility index (Phi) is 7.00. The summed E-state index contributed by atoms with van der Waals surface area (Å²) in [4.78, 5) is 41.0. The molecule has 0 bridgehead atoms. The van der Waals surface area contributed by atoms with Crippen molar-refractivity contribution in [3.05, 3.63) is 64.2 Å². The Morgan fingerprint density at radius 3 is 2.58 bits per heavy atom. The van der Waals surface area contributed by atoms with Gasteiger partial charge in [-0.15, -0.1) is 0 Å². The molecule has 8 heteroatoms. The summed E-state index contributed by atoms with van der Waals surface area (Å²) in [6.07, 6.45) is 2.47. The van der Waals surface area contributed by atoms with Crippen LogP contribution in [-0.2, 0) is 16.1 Å². The Bertz CT molecular complexity index is 1070. The second-order valence-electron chi connectivity index (χ2n) is 8.82. The molecule has 2 aromatic rings. The smallest absolute Gasteiger partial charge is 0.335 e. The number of nitrogens with one attached hydrogen (secondary N) is 1. The molecule has 0 saturated carbocycles. The fourth-order valence-electron chi connectivity index (χ4n) is 4.79. The molecule has 2 fully saturated rings. The van der Waals surface area contributed by atoms with Gasteiger partial charge in [-0.25, -0.2) is 4.79 Å². The third-order valence-electron chi connectivity index (χ3n) is 6.51. The van der Waals surface area contributed by atoms with Gasteiger partial charge in [-0.1, -0.05) is 29.8 Å². The maximum atomic E-state index is 13.0. The molecule has 1 atom stereocenters. The maximum Gasteiger partial charge on any atom is 0.335 e. The van der Waals surface area contributed by atoms with Crippen LogP contribution in [0, 0.1) is 6.92 Å². The minimum atomic E-state index is -1.05. The minimum Gasteiger partial charge on any atom is -0.478 e. The van der Waals surface area contributed by atoms with Crippen LogP contribution in [0.15, 0.2) is 42.5 Å². The van der Waals surface area contributed by atoms with Crippen LogP contribution in [0.3, 0.4) is 0 Å². The van der Waals surface area contributed by atoms with Crippen LogP contribution in [0.4, 0.5) is 5.69 Å². The molecular formula is C25H28ClN3O4. The molecule has 0 spiro atoms.